The van der Waals surface area contributed by atoms with E-state index in [1.54, 1.807) is 24.3 Å². The third kappa shape index (κ3) is 6.04. The van der Waals surface area contributed by atoms with Crippen LogP contribution in [0.15, 0.2) is 30.3 Å². The van der Waals surface area contributed by atoms with Crippen LogP contribution >= 0.6 is 0 Å². The van der Waals surface area contributed by atoms with Gasteiger partial charge in [0.2, 0.25) is 0 Å². The molecular weight excluding hydrogens is 242 g/mol. The minimum absolute atomic E-state index is 0.0376. The number of carboxylic acid groups (broad SMARTS) is 1. The highest BCUT2D eigenvalue weighted by molar-refractivity contribution is 5.94. The van der Waals surface area contributed by atoms with Crippen molar-refractivity contribution in [2.45, 2.75) is 39.7 Å². The Kier molecular flexibility index (Phi) is 5.10. The predicted octanol–water partition coefficient (Wildman–Crippen LogP) is 2.70. The van der Waals surface area contributed by atoms with Crippen molar-refractivity contribution < 1.29 is 14.7 Å². The predicted molar refractivity (Wildman–Crippen MR) is 74.0 cm³/mol. The average molecular weight is 263 g/mol. The molecule has 0 spiro atoms. The van der Waals surface area contributed by atoms with E-state index in [9.17, 15) is 9.59 Å². The summed E-state index contributed by atoms with van der Waals surface area (Å²) in [6.45, 7) is 6.07. The molecule has 0 aromatic heterocycles. The maximum atomic E-state index is 12.0. The number of benzene rings is 1. The molecule has 0 aliphatic heterocycles. The van der Waals surface area contributed by atoms with Crippen molar-refractivity contribution in [2.75, 3.05) is 0 Å². The van der Waals surface area contributed by atoms with Crippen LogP contribution in [0.2, 0.25) is 0 Å². The Bertz CT molecular complexity index is 434. The van der Waals surface area contributed by atoms with E-state index in [0.717, 1.165) is 0 Å². The van der Waals surface area contributed by atoms with E-state index in [0.29, 0.717) is 12.0 Å². The maximum absolute atomic E-state index is 12.0. The fraction of sp³-hybridized carbons (Fsp3) is 0.467. The highest BCUT2D eigenvalue weighted by Gasteiger charge is 2.23. The summed E-state index contributed by atoms with van der Waals surface area (Å²) < 4.78 is 0. The van der Waals surface area contributed by atoms with E-state index in [1.165, 1.54) is 0 Å². The number of hydrogen-bond acceptors (Lipinski definition) is 2. The smallest absolute Gasteiger partial charge is 0.305 e. The Balaban J connectivity index is 2.72. The zero-order valence-corrected chi connectivity index (χ0v) is 11.6. The summed E-state index contributed by atoms with van der Waals surface area (Å²) in [7, 11) is 0. The summed E-state index contributed by atoms with van der Waals surface area (Å²) in [5, 5.41) is 11.7. The Morgan fingerprint density at radius 2 is 1.79 bits per heavy atom. The molecular formula is C15H21NO3. The van der Waals surface area contributed by atoms with E-state index in [2.05, 4.69) is 5.32 Å². The lowest BCUT2D eigenvalue weighted by Crippen LogP contribution is -2.39. The van der Waals surface area contributed by atoms with Crippen molar-refractivity contribution in [3.8, 4) is 0 Å². The zero-order chi connectivity index (χ0) is 14.5. The molecule has 0 aliphatic carbocycles. The number of hydrogen-bond donors (Lipinski definition) is 2. The third-order valence-electron chi connectivity index (χ3n) is 2.65. The van der Waals surface area contributed by atoms with Crippen molar-refractivity contribution in [1.29, 1.82) is 0 Å². The maximum Gasteiger partial charge on any atom is 0.305 e. The molecule has 0 saturated heterocycles. The van der Waals surface area contributed by atoms with E-state index in [4.69, 9.17) is 5.11 Å². The van der Waals surface area contributed by atoms with Gasteiger partial charge in [0.05, 0.1) is 6.42 Å². The Hall–Kier alpha value is -1.84. The molecule has 0 heterocycles. The standard InChI is InChI=1S/C15H21NO3/c1-15(2,3)10-12(9-13(17)18)16-14(19)11-7-5-4-6-8-11/h4-8,12H,9-10H2,1-3H3,(H,16,19)(H,17,18). The summed E-state index contributed by atoms with van der Waals surface area (Å²) in [5.74, 6) is -1.13. The van der Waals surface area contributed by atoms with Gasteiger partial charge in [-0.05, 0) is 24.0 Å². The quantitative estimate of drug-likeness (QED) is 0.858. The summed E-state index contributed by atoms with van der Waals surface area (Å²) in [6, 6.07) is 8.47. The minimum atomic E-state index is -0.900. The molecule has 1 unspecified atom stereocenters. The summed E-state index contributed by atoms with van der Waals surface area (Å²) in [5.41, 5.74) is 0.510. The van der Waals surface area contributed by atoms with Crippen LogP contribution in [0.25, 0.3) is 0 Å². The molecule has 4 heteroatoms. The first-order chi connectivity index (χ1) is 8.78. The largest absolute Gasteiger partial charge is 0.481 e. The van der Waals surface area contributed by atoms with Gasteiger partial charge in [0, 0.05) is 11.6 Å². The van der Waals surface area contributed by atoms with Crippen molar-refractivity contribution in [2.24, 2.45) is 5.41 Å². The van der Waals surface area contributed by atoms with Gasteiger partial charge in [-0.2, -0.15) is 0 Å². The van der Waals surface area contributed by atoms with E-state index >= 15 is 0 Å². The Morgan fingerprint density at radius 3 is 2.26 bits per heavy atom. The first-order valence-electron chi connectivity index (χ1n) is 6.35. The van der Waals surface area contributed by atoms with Gasteiger partial charge in [-0.15, -0.1) is 0 Å². The molecule has 104 valence electrons. The third-order valence-corrected chi connectivity index (χ3v) is 2.65. The number of nitrogens with one attached hydrogen (secondary N) is 1. The fourth-order valence-corrected chi connectivity index (χ4v) is 1.98. The van der Waals surface area contributed by atoms with Gasteiger partial charge in [-0.3, -0.25) is 9.59 Å². The lowest BCUT2D eigenvalue weighted by Gasteiger charge is -2.25. The van der Waals surface area contributed by atoms with Gasteiger partial charge in [-0.1, -0.05) is 39.0 Å². The Morgan fingerprint density at radius 1 is 1.21 bits per heavy atom. The van der Waals surface area contributed by atoms with Gasteiger partial charge in [0.1, 0.15) is 0 Å². The highest BCUT2D eigenvalue weighted by atomic mass is 16.4. The second kappa shape index (κ2) is 6.36. The van der Waals surface area contributed by atoms with E-state index in [-0.39, 0.29) is 23.8 Å². The molecule has 0 bridgehead atoms. The number of aliphatic carboxylic acids is 1. The SMILES string of the molecule is CC(C)(C)CC(CC(=O)O)NC(=O)c1ccccc1. The topological polar surface area (TPSA) is 66.4 Å². The normalized spacial score (nSPS) is 12.8. The van der Waals surface area contributed by atoms with Gasteiger partial charge in [-0.25, -0.2) is 0 Å². The number of carbonyl (C=O) groups is 2. The van der Waals surface area contributed by atoms with Crippen LogP contribution in [0.1, 0.15) is 44.0 Å². The lowest BCUT2D eigenvalue weighted by atomic mass is 9.87. The van der Waals surface area contributed by atoms with Crippen LogP contribution in [0, 0.1) is 5.41 Å². The van der Waals surface area contributed by atoms with Crippen molar-refractivity contribution >= 4 is 11.9 Å². The molecule has 1 aromatic carbocycles. The molecule has 1 amide bonds. The molecule has 2 N–H and O–H groups in total. The van der Waals surface area contributed by atoms with Crippen molar-refractivity contribution in [3.05, 3.63) is 35.9 Å². The summed E-state index contributed by atoms with van der Waals surface area (Å²) in [4.78, 5) is 22.9. The molecule has 1 aromatic rings. The fourth-order valence-electron chi connectivity index (χ4n) is 1.98. The van der Waals surface area contributed by atoms with Crippen molar-refractivity contribution in [3.63, 3.8) is 0 Å². The molecule has 0 aliphatic rings. The second-order valence-electron chi connectivity index (χ2n) is 5.90. The van der Waals surface area contributed by atoms with Gasteiger partial charge >= 0.3 is 5.97 Å². The summed E-state index contributed by atoms with van der Waals surface area (Å²) in [6.07, 6.45) is 0.563. The van der Waals surface area contributed by atoms with Crippen LogP contribution in [-0.4, -0.2) is 23.0 Å². The van der Waals surface area contributed by atoms with Crippen LogP contribution < -0.4 is 5.32 Å². The molecule has 4 nitrogen and oxygen atoms in total. The number of carboxylic acids is 1. The Labute approximate surface area is 113 Å². The van der Waals surface area contributed by atoms with Crippen molar-refractivity contribution in [1.82, 2.24) is 5.32 Å². The molecule has 19 heavy (non-hydrogen) atoms. The number of rotatable bonds is 5. The molecule has 0 fully saturated rings. The molecule has 1 rings (SSSR count). The lowest BCUT2D eigenvalue weighted by molar-refractivity contribution is -0.137. The van der Waals surface area contributed by atoms with Gasteiger partial charge in [0.15, 0.2) is 0 Å². The monoisotopic (exact) mass is 263 g/mol. The van der Waals surface area contributed by atoms with E-state index < -0.39 is 5.97 Å². The van der Waals surface area contributed by atoms with E-state index in [1.807, 2.05) is 26.8 Å². The van der Waals surface area contributed by atoms with Crippen LogP contribution in [0.3, 0.4) is 0 Å². The number of amides is 1. The molecule has 1 atom stereocenters. The minimum Gasteiger partial charge on any atom is -0.481 e. The summed E-state index contributed by atoms with van der Waals surface area (Å²) >= 11 is 0. The van der Waals surface area contributed by atoms with Crippen LogP contribution in [0.5, 0.6) is 0 Å². The number of carbonyl (C=O) groups excluding carboxylic acids is 1. The average Bonchev–Trinajstić information content (AvgIpc) is 2.26. The van der Waals surface area contributed by atoms with Gasteiger partial charge in [0.25, 0.3) is 5.91 Å². The van der Waals surface area contributed by atoms with Crippen LogP contribution in [-0.2, 0) is 4.79 Å². The highest BCUT2D eigenvalue weighted by Crippen LogP contribution is 2.22. The second-order valence-corrected chi connectivity index (χ2v) is 5.90. The first-order valence-corrected chi connectivity index (χ1v) is 6.35. The molecule has 0 radical (unpaired) electrons. The molecule has 0 saturated carbocycles. The zero-order valence-electron chi connectivity index (χ0n) is 11.6. The van der Waals surface area contributed by atoms with Gasteiger partial charge < -0.3 is 10.4 Å². The van der Waals surface area contributed by atoms with Crippen LogP contribution in [0.4, 0.5) is 0 Å². The first kappa shape index (κ1) is 15.2.